The van der Waals surface area contributed by atoms with Gasteiger partial charge in [-0.2, -0.15) is 5.10 Å². The molecule has 0 atom stereocenters. The van der Waals surface area contributed by atoms with Crippen molar-refractivity contribution in [3.8, 4) is 0 Å². The lowest BCUT2D eigenvalue weighted by atomic mass is 10.2. The molecule has 0 fully saturated rings. The van der Waals surface area contributed by atoms with Crippen LogP contribution in [0.2, 0.25) is 0 Å². The van der Waals surface area contributed by atoms with Crippen molar-refractivity contribution < 1.29 is 0 Å². The molecule has 4 N–H and O–H groups in total. The molecule has 5 nitrogen and oxygen atoms in total. The summed E-state index contributed by atoms with van der Waals surface area (Å²) in [4.78, 5) is 4.42. The van der Waals surface area contributed by atoms with Crippen molar-refractivity contribution in [2.24, 2.45) is 10.8 Å². The average Bonchev–Trinajstić information content (AvgIpc) is 2.43. The Morgan fingerprint density at radius 2 is 2.06 bits per heavy atom. The maximum atomic E-state index is 5.83. The topological polar surface area (TPSA) is 75.3 Å². The summed E-state index contributed by atoms with van der Waals surface area (Å²) in [5.74, 6) is 0.290. The summed E-state index contributed by atoms with van der Waals surface area (Å²) < 4.78 is 0. The highest BCUT2D eigenvalue weighted by molar-refractivity contribution is 7.80. The molecule has 0 saturated heterocycles. The molecule has 0 spiro atoms. The van der Waals surface area contributed by atoms with Crippen molar-refractivity contribution in [3.05, 3.63) is 42.1 Å². The number of nitrogens with zero attached hydrogens (tertiary/aromatic N) is 2. The van der Waals surface area contributed by atoms with Gasteiger partial charge in [0.2, 0.25) is 0 Å². The summed E-state index contributed by atoms with van der Waals surface area (Å²) in [7, 11) is 1.70. The van der Waals surface area contributed by atoms with E-state index in [4.69, 9.17) is 18.0 Å². The van der Waals surface area contributed by atoms with Crippen LogP contribution in [0.3, 0.4) is 0 Å². The zero-order valence-electron chi connectivity index (χ0n) is 9.84. The summed E-state index contributed by atoms with van der Waals surface area (Å²) in [6.07, 6.45) is 0. The van der Waals surface area contributed by atoms with Crippen LogP contribution in [0, 0.1) is 0 Å². The monoisotopic (exact) mass is 259 g/mol. The fraction of sp³-hybridized carbons (Fsp3) is 0.0833. The van der Waals surface area contributed by atoms with Gasteiger partial charge in [-0.05, 0) is 24.4 Å². The van der Waals surface area contributed by atoms with E-state index in [9.17, 15) is 0 Å². The Labute approximate surface area is 110 Å². The Bertz CT molecular complexity index is 608. The van der Waals surface area contributed by atoms with Gasteiger partial charge >= 0.3 is 0 Å². The second-order valence-electron chi connectivity index (χ2n) is 3.58. The van der Waals surface area contributed by atoms with Gasteiger partial charge in [-0.1, -0.05) is 24.3 Å². The minimum absolute atomic E-state index is 0.290. The predicted octanol–water partition coefficient (Wildman–Crippen LogP) is 0.949. The molecule has 0 amide bonds. The SMILES string of the molecule is CNC(=S)N/N=C(\N)c1ccc2ccccc2n1. The number of thiocarbonyl (C=S) groups is 1. The van der Waals surface area contributed by atoms with Crippen molar-refractivity contribution in [2.45, 2.75) is 0 Å². The highest BCUT2D eigenvalue weighted by atomic mass is 32.1. The molecular formula is C12H13N5S. The second-order valence-corrected chi connectivity index (χ2v) is 3.99. The number of hydrogen-bond acceptors (Lipinski definition) is 3. The van der Waals surface area contributed by atoms with Crippen LogP contribution < -0.4 is 16.5 Å². The molecule has 0 aliphatic rings. The van der Waals surface area contributed by atoms with Gasteiger partial charge < -0.3 is 11.1 Å². The number of hydrazone groups is 1. The molecule has 0 aliphatic heterocycles. The summed E-state index contributed by atoms with van der Waals surface area (Å²) >= 11 is 4.90. The minimum atomic E-state index is 0.290. The number of fused-ring (bicyclic) bond motifs is 1. The highest BCUT2D eigenvalue weighted by Crippen LogP contribution is 2.11. The molecule has 0 aliphatic carbocycles. The molecule has 18 heavy (non-hydrogen) atoms. The van der Waals surface area contributed by atoms with E-state index in [2.05, 4.69) is 20.8 Å². The fourth-order valence-corrected chi connectivity index (χ4v) is 1.48. The molecule has 1 heterocycles. The van der Waals surface area contributed by atoms with Crippen LogP contribution in [0.1, 0.15) is 5.69 Å². The number of nitrogens with one attached hydrogen (secondary N) is 2. The third kappa shape index (κ3) is 2.72. The van der Waals surface area contributed by atoms with E-state index in [1.54, 1.807) is 7.05 Å². The van der Waals surface area contributed by atoms with Gasteiger partial charge in [0.1, 0.15) is 5.69 Å². The fourth-order valence-electron chi connectivity index (χ4n) is 1.43. The summed E-state index contributed by atoms with van der Waals surface area (Å²) in [5.41, 5.74) is 9.94. The van der Waals surface area contributed by atoms with Crippen molar-refractivity contribution in [3.63, 3.8) is 0 Å². The first kappa shape index (κ1) is 12.3. The highest BCUT2D eigenvalue weighted by Gasteiger charge is 2.02. The number of para-hydroxylation sites is 1. The zero-order chi connectivity index (χ0) is 13.0. The predicted molar refractivity (Wildman–Crippen MR) is 77.3 cm³/mol. The first-order valence-electron chi connectivity index (χ1n) is 5.38. The summed E-state index contributed by atoms with van der Waals surface area (Å²) in [5, 5.41) is 8.15. The molecule has 2 aromatic rings. The van der Waals surface area contributed by atoms with Crippen LogP contribution in [0.4, 0.5) is 0 Å². The summed E-state index contributed by atoms with van der Waals surface area (Å²) in [6, 6.07) is 11.6. The molecule has 0 unspecified atom stereocenters. The first-order chi connectivity index (χ1) is 8.70. The molecule has 1 aromatic heterocycles. The molecule has 0 saturated carbocycles. The third-order valence-corrected chi connectivity index (χ3v) is 2.66. The number of aromatic nitrogens is 1. The van der Waals surface area contributed by atoms with Crippen molar-refractivity contribution in [1.29, 1.82) is 0 Å². The van der Waals surface area contributed by atoms with Crippen LogP contribution in [-0.2, 0) is 0 Å². The quantitative estimate of drug-likeness (QED) is 0.324. The number of pyridine rings is 1. The van der Waals surface area contributed by atoms with Crippen LogP contribution in [-0.4, -0.2) is 23.0 Å². The van der Waals surface area contributed by atoms with Gasteiger partial charge in [0.15, 0.2) is 10.9 Å². The van der Waals surface area contributed by atoms with Crippen LogP contribution in [0.25, 0.3) is 10.9 Å². The molecule has 1 aromatic carbocycles. The van der Waals surface area contributed by atoms with Crippen LogP contribution >= 0.6 is 12.2 Å². The van der Waals surface area contributed by atoms with E-state index >= 15 is 0 Å². The molecule has 92 valence electrons. The maximum Gasteiger partial charge on any atom is 0.186 e. The van der Waals surface area contributed by atoms with Crippen molar-refractivity contribution >= 4 is 34.1 Å². The van der Waals surface area contributed by atoms with E-state index in [1.165, 1.54) is 0 Å². The van der Waals surface area contributed by atoms with E-state index in [1.807, 2.05) is 36.4 Å². The molecule has 0 bridgehead atoms. The average molecular weight is 259 g/mol. The van der Waals surface area contributed by atoms with Gasteiger partial charge in [0.05, 0.1) is 5.52 Å². The van der Waals surface area contributed by atoms with Crippen molar-refractivity contribution in [1.82, 2.24) is 15.7 Å². The van der Waals surface area contributed by atoms with Crippen molar-refractivity contribution in [2.75, 3.05) is 7.05 Å². The Balaban J connectivity index is 2.27. The first-order valence-corrected chi connectivity index (χ1v) is 5.78. The number of amidine groups is 1. The Hall–Kier alpha value is -2.21. The lowest BCUT2D eigenvalue weighted by Gasteiger charge is -2.04. The van der Waals surface area contributed by atoms with E-state index in [0.717, 1.165) is 10.9 Å². The van der Waals surface area contributed by atoms with E-state index in [0.29, 0.717) is 16.6 Å². The lowest BCUT2D eigenvalue weighted by Crippen LogP contribution is -2.31. The standard InChI is InChI=1S/C12H13N5S/c1-14-12(18)17-16-11(13)10-7-6-8-4-2-3-5-9(8)15-10/h2-7H,1H3,(H2,13,16)(H2,14,17,18). The molecule has 2 rings (SSSR count). The molecule has 6 heteroatoms. The lowest BCUT2D eigenvalue weighted by molar-refractivity contribution is 0.970. The van der Waals surface area contributed by atoms with E-state index in [-0.39, 0.29) is 0 Å². The Morgan fingerprint density at radius 3 is 2.83 bits per heavy atom. The van der Waals surface area contributed by atoms with Gasteiger partial charge in [-0.15, -0.1) is 0 Å². The van der Waals surface area contributed by atoms with Crippen LogP contribution in [0.5, 0.6) is 0 Å². The zero-order valence-corrected chi connectivity index (χ0v) is 10.7. The number of rotatable bonds is 2. The number of hydrogen-bond donors (Lipinski definition) is 3. The number of benzene rings is 1. The molecule has 0 radical (unpaired) electrons. The molecular weight excluding hydrogens is 246 g/mol. The Morgan fingerprint density at radius 1 is 1.28 bits per heavy atom. The maximum absolute atomic E-state index is 5.83. The Kier molecular flexibility index (Phi) is 3.69. The summed E-state index contributed by atoms with van der Waals surface area (Å²) in [6.45, 7) is 0. The van der Waals surface area contributed by atoms with Gasteiger partial charge in [-0.25, -0.2) is 4.98 Å². The van der Waals surface area contributed by atoms with Gasteiger partial charge in [-0.3, -0.25) is 5.43 Å². The third-order valence-electron chi connectivity index (χ3n) is 2.37. The van der Waals surface area contributed by atoms with E-state index < -0.39 is 0 Å². The minimum Gasteiger partial charge on any atom is -0.380 e. The van der Waals surface area contributed by atoms with Gasteiger partial charge in [0, 0.05) is 12.4 Å². The normalized spacial score (nSPS) is 11.3. The second kappa shape index (κ2) is 5.42. The van der Waals surface area contributed by atoms with Gasteiger partial charge in [0.25, 0.3) is 0 Å². The number of nitrogens with two attached hydrogens (primary N) is 1. The largest absolute Gasteiger partial charge is 0.380 e. The smallest absolute Gasteiger partial charge is 0.186 e. The van der Waals surface area contributed by atoms with Crippen LogP contribution in [0.15, 0.2) is 41.5 Å².